The second kappa shape index (κ2) is 7.63. The zero-order valence-corrected chi connectivity index (χ0v) is 17.2. The van der Waals surface area contributed by atoms with Gasteiger partial charge in [0.1, 0.15) is 11.3 Å². The molecular weight excluding hydrogens is 364 g/mol. The van der Waals surface area contributed by atoms with Crippen molar-refractivity contribution in [3.8, 4) is 6.07 Å². The molecule has 1 aliphatic rings. The van der Waals surface area contributed by atoms with Gasteiger partial charge in [0.25, 0.3) is 0 Å². The van der Waals surface area contributed by atoms with Gasteiger partial charge in [-0.2, -0.15) is 5.26 Å². The van der Waals surface area contributed by atoms with Crippen LogP contribution >= 0.6 is 0 Å². The van der Waals surface area contributed by atoms with E-state index in [1.54, 1.807) is 22.2 Å². The standard InChI is InChI=1S/C22H26N6O/c1-25(2)19-13-18(27-11-7-4-8-12-27)20-21(24-19)26(3)22(29)28(20)15-17-10-6-5-9-16(17)14-23/h5-6,9-10,13H,4,7-8,11-12,15H2,1-3H3. The number of nitrogens with zero attached hydrogens (tertiary/aromatic N) is 6. The summed E-state index contributed by atoms with van der Waals surface area (Å²) in [6.07, 6.45) is 3.54. The van der Waals surface area contributed by atoms with Crippen LogP contribution < -0.4 is 15.5 Å². The summed E-state index contributed by atoms with van der Waals surface area (Å²) in [6, 6.07) is 11.8. The third-order valence-corrected chi connectivity index (χ3v) is 5.67. The third-order valence-electron chi connectivity index (χ3n) is 5.67. The molecule has 0 unspecified atom stereocenters. The Morgan fingerprint density at radius 3 is 2.59 bits per heavy atom. The van der Waals surface area contributed by atoms with E-state index in [0.29, 0.717) is 17.8 Å². The van der Waals surface area contributed by atoms with Gasteiger partial charge in [-0.15, -0.1) is 0 Å². The van der Waals surface area contributed by atoms with Gasteiger partial charge in [0.05, 0.1) is 23.9 Å². The first-order chi connectivity index (χ1) is 14.0. The maximum absolute atomic E-state index is 13.2. The summed E-state index contributed by atoms with van der Waals surface area (Å²) in [6.45, 7) is 2.30. The SMILES string of the molecule is CN(C)c1cc(N2CCCCC2)c2c(n1)n(C)c(=O)n2Cc1ccccc1C#N. The summed E-state index contributed by atoms with van der Waals surface area (Å²) in [7, 11) is 5.70. The van der Waals surface area contributed by atoms with Crippen LogP contribution in [0.2, 0.25) is 0 Å². The lowest BCUT2D eigenvalue weighted by Crippen LogP contribution is -2.30. The fourth-order valence-corrected chi connectivity index (χ4v) is 4.05. The first-order valence-electron chi connectivity index (χ1n) is 10.0. The number of hydrogen-bond donors (Lipinski definition) is 0. The average molecular weight is 390 g/mol. The summed E-state index contributed by atoms with van der Waals surface area (Å²) in [5.41, 5.74) is 3.88. The zero-order chi connectivity index (χ0) is 20.5. The van der Waals surface area contributed by atoms with Crippen molar-refractivity contribution in [1.82, 2.24) is 14.1 Å². The van der Waals surface area contributed by atoms with Gasteiger partial charge in [0.2, 0.25) is 0 Å². The van der Waals surface area contributed by atoms with Crippen molar-refractivity contribution in [2.24, 2.45) is 7.05 Å². The van der Waals surface area contributed by atoms with Gasteiger partial charge in [-0.1, -0.05) is 18.2 Å². The molecule has 3 heterocycles. The normalized spacial score (nSPS) is 14.2. The monoisotopic (exact) mass is 390 g/mol. The van der Waals surface area contributed by atoms with Crippen LogP contribution in [0.5, 0.6) is 0 Å². The lowest BCUT2D eigenvalue weighted by Gasteiger charge is -2.30. The summed E-state index contributed by atoms with van der Waals surface area (Å²) >= 11 is 0. The van der Waals surface area contributed by atoms with Gasteiger partial charge in [-0.25, -0.2) is 9.78 Å². The zero-order valence-electron chi connectivity index (χ0n) is 17.2. The number of benzene rings is 1. The topological polar surface area (TPSA) is 70.1 Å². The number of nitriles is 1. The Morgan fingerprint density at radius 2 is 1.90 bits per heavy atom. The lowest BCUT2D eigenvalue weighted by molar-refractivity contribution is 0.578. The van der Waals surface area contributed by atoms with Crippen LogP contribution in [0, 0.1) is 11.3 Å². The molecule has 0 atom stereocenters. The average Bonchev–Trinajstić information content (AvgIpc) is 2.99. The molecule has 0 bridgehead atoms. The van der Waals surface area contributed by atoms with Crippen molar-refractivity contribution in [3.63, 3.8) is 0 Å². The molecule has 0 aliphatic carbocycles. The van der Waals surface area contributed by atoms with Gasteiger partial charge in [-0.3, -0.25) is 9.13 Å². The number of aromatic nitrogens is 3. The number of fused-ring (bicyclic) bond motifs is 1. The molecule has 0 radical (unpaired) electrons. The van der Waals surface area contributed by atoms with E-state index in [2.05, 4.69) is 17.0 Å². The summed E-state index contributed by atoms with van der Waals surface area (Å²) < 4.78 is 3.38. The van der Waals surface area contributed by atoms with E-state index in [9.17, 15) is 10.1 Å². The van der Waals surface area contributed by atoms with Crippen molar-refractivity contribution in [1.29, 1.82) is 5.26 Å². The Balaban J connectivity index is 1.96. The van der Waals surface area contributed by atoms with Crippen molar-refractivity contribution >= 4 is 22.7 Å². The number of hydrogen-bond acceptors (Lipinski definition) is 5. The highest BCUT2D eigenvalue weighted by atomic mass is 16.1. The van der Waals surface area contributed by atoms with Crippen LogP contribution in [-0.2, 0) is 13.6 Å². The molecule has 0 spiro atoms. The van der Waals surface area contributed by atoms with Crippen molar-refractivity contribution in [3.05, 3.63) is 51.9 Å². The molecular formula is C22H26N6O. The molecule has 7 nitrogen and oxygen atoms in total. The second-order valence-corrected chi connectivity index (χ2v) is 7.81. The summed E-state index contributed by atoms with van der Waals surface area (Å²) in [5, 5.41) is 9.47. The molecule has 4 rings (SSSR count). The van der Waals surface area contributed by atoms with Gasteiger partial charge < -0.3 is 9.80 Å². The second-order valence-electron chi connectivity index (χ2n) is 7.81. The molecule has 2 aromatic heterocycles. The smallest absolute Gasteiger partial charge is 0.330 e. The van der Waals surface area contributed by atoms with Gasteiger partial charge in [-0.05, 0) is 30.9 Å². The molecule has 29 heavy (non-hydrogen) atoms. The molecule has 0 amide bonds. The fraction of sp³-hybridized carbons (Fsp3) is 0.409. The van der Waals surface area contributed by atoms with E-state index in [1.165, 1.54) is 6.42 Å². The summed E-state index contributed by atoms with van der Waals surface area (Å²) in [5.74, 6) is 0.836. The molecule has 1 fully saturated rings. The molecule has 150 valence electrons. The predicted molar refractivity (Wildman–Crippen MR) is 116 cm³/mol. The first-order valence-corrected chi connectivity index (χ1v) is 10.0. The highest BCUT2D eigenvalue weighted by molar-refractivity contribution is 5.89. The Morgan fingerprint density at radius 1 is 1.17 bits per heavy atom. The minimum absolute atomic E-state index is 0.116. The van der Waals surface area contributed by atoms with Crippen LogP contribution in [0.15, 0.2) is 35.1 Å². The lowest BCUT2D eigenvalue weighted by atomic mass is 10.1. The highest BCUT2D eigenvalue weighted by Gasteiger charge is 2.23. The van der Waals surface area contributed by atoms with E-state index in [-0.39, 0.29) is 5.69 Å². The van der Waals surface area contributed by atoms with Gasteiger partial charge in [0.15, 0.2) is 5.65 Å². The highest BCUT2D eigenvalue weighted by Crippen LogP contribution is 2.31. The van der Waals surface area contributed by atoms with Crippen LogP contribution in [0.4, 0.5) is 11.5 Å². The van der Waals surface area contributed by atoms with Crippen molar-refractivity contribution in [2.45, 2.75) is 25.8 Å². The molecule has 7 heteroatoms. The maximum atomic E-state index is 13.2. The Labute approximate surface area is 170 Å². The molecule has 3 aromatic rings. The van der Waals surface area contributed by atoms with Gasteiger partial charge in [0, 0.05) is 40.3 Å². The molecule has 1 aromatic carbocycles. The minimum Gasteiger partial charge on any atom is -0.370 e. The van der Waals surface area contributed by atoms with E-state index >= 15 is 0 Å². The molecule has 1 saturated heterocycles. The molecule has 0 saturated carbocycles. The quantitative estimate of drug-likeness (QED) is 0.685. The number of rotatable bonds is 4. The Bertz CT molecular complexity index is 1140. The van der Waals surface area contributed by atoms with Crippen LogP contribution in [0.1, 0.15) is 30.4 Å². The van der Waals surface area contributed by atoms with Crippen molar-refractivity contribution < 1.29 is 0 Å². The van der Waals surface area contributed by atoms with E-state index in [1.807, 2.05) is 37.2 Å². The van der Waals surface area contributed by atoms with E-state index in [4.69, 9.17) is 4.98 Å². The van der Waals surface area contributed by atoms with Crippen LogP contribution in [0.25, 0.3) is 11.2 Å². The fourth-order valence-electron chi connectivity index (χ4n) is 4.05. The number of piperidine rings is 1. The predicted octanol–water partition coefficient (Wildman–Crippen LogP) is 2.71. The summed E-state index contributed by atoms with van der Waals surface area (Å²) in [4.78, 5) is 22.3. The van der Waals surface area contributed by atoms with E-state index in [0.717, 1.165) is 48.5 Å². The third kappa shape index (κ3) is 3.35. The Hall–Kier alpha value is -3.27. The number of pyridine rings is 1. The molecule has 0 N–H and O–H groups in total. The number of aryl methyl sites for hydroxylation is 1. The van der Waals surface area contributed by atoms with Gasteiger partial charge >= 0.3 is 5.69 Å². The van der Waals surface area contributed by atoms with Crippen LogP contribution in [-0.4, -0.2) is 41.3 Å². The Kier molecular flexibility index (Phi) is 5.01. The van der Waals surface area contributed by atoms with Crippen molar-refractivity contribution in [2.75, 3.05) is 37.0 Å². The number of anilines is 2. The maximum Gasteiger partial charge on any atom is 0.330 e. The first kappa shape index (κ1) is 19.1. The van der Waals surface area contributed by atoms with Crippen LogP contribution in [0.3, 0.4) is 0 Å². The number of imidazole rings is 1. The van der Waals surface area contributed by atoms with E-state index < -0.39 is 0 Å². The minimum atomic E-state index is -0.116. The molecule has 1 aliphatic heterocycles. The largest absolute Gasteiger partial charge is 0.370 e.